The zero-order chi connectivity index (χ0) is 26.3. The van der Waals surface area contributed by atoms with E-state index in [2.05, 4.69) is 38.6 Å². The molecule has 1 aromatic heterocycles. The van der Waals surface area contributed by atoms with E-state index in [9.17, 15) is 9.90 Å². The van der Waals surface area contributed by atoms with Gasteiger partial charge in [0.25, 0.3) is 0 Å². The molecule has 0 radical (unpaired) electrons. The van der Waals surface area contributed by atoms with E-state index in [1.807, 2.05) is 0 Å². The molecule has 2 aliphatic carbocycles. The van der Waals surface area contributed by atoms with Gasteiger partial charge in [-0.25, -0.2) is 4.98 Å². The highest BCUT2D eigenvalue weighted by Crippen LogP contribution is 2.48. The lowest BCUT2D eigenvalue weighted by Crippen LogP contribution is -2.58. The summed E-state index contributed by atoms with van der Waals surface area (Å²) in [5.74, 6) is 2.93. The van der Waals surface area contributed by atoms with Crippen LogP contribution >= 0.6 is 0 Å². The molecule has 6 nitrogen and oxygen atoms in total. The van der Waals surface area contributed by atoms with Crippen molar-refractivity contribution in [1.29, 1.82) is 0 Å². The van der Waals surface area contributed by atoms with E-state index >= 15 is 0 Å². The van der Waals surface area contributed by atoms with Crippen LogP contribution in [-0.4, -0.2) is 68.2 Å². The molecule has 0 spiro atoms. The summed E-state index contributed by atoms with van der Waals surface area (Å²) in [6.45, 7) is 2.60. The minimum Gasteiger partial charge on any atom is -0.481 e. The minimum atomic E-state index is -0.695. The van der Waals surface area contributed by atoms with Crippen molar-refractivity contribution in [3.63, 3.8) is 0 Å². The third-order valence-electron chi connectivity index (χ3n) is 11.3. The second-order valence-corrected chi connectivity index (χ2v) is 13.8. The Labute approximate surface area is 234 Å². The molecular weight excluding hydrogens is 484 g/mol. The Balaban J connectivity index is 1.15. The molecule has 3 aliphatic heterocycles. The average Bonchev–Trinajstić information content (AvgIpc) is 3.25. The molecule has 2 aromatic rings. The number of imidazole rings is 1. The lowest BCUT2D eigenvalue weighted by Gasteiger charge is -2.55. The SMILES string of the molecule is O=C(O)CCN1CCC[C@H](c2nc3ccccc3n2[C@@H]2C[C@H]3CCC[C@@H](C2)N3[C@@H]2C[C@@H]3CCCC[C@@H](C3)C2)C1. The number of carbonyl (C=O) groups is 1. The fraction of sp³-hybridized carbons (Fsp3) is 0.758. The van der Waals surface area contributed by atoms with Gasteiger partial charge in [0.1, 0.15) is 5.82 Å². The predicted molar refractivity (Wildman–Crippen MR) is 155 cm³/mol. The quantitative estimate of drug-likeness (QED) is 0.454. The maximum absolute atomic E-state index is 11.2. The number of nitrogens with zero attached hydrogens (tertiary/aromatic N) is 4. The first kappa shape index (κ1) is 26.0. The Hall–Kier alpha value is -1.92. The summed E-state index contributed by atoms with van der Waals surface area (Å²) in [5.41, 5.74) is 2.45. The number of hydrogen-bond donors (Lipinski definition) is 1. The summed E-state index contributed by atoms with van der Waals surface area (Å²) in [6.07, 6.45) is 19.5. The van der Waals surface area contributed by atoms with Crippen LogP contribution in [0.1, 0.15) is 114 Å². The van der Waals surface area contributed by atoms with Gasteiger partial charge in [0.05, 0.1) is 17.5 Å². The molecule has 4 bridgehead atoms. The van der Waals surface area contributed by atoms with Gasteiger partial charge in [-0.05, 0) is 88.3 Å². The van der Waals surface area contributed by atoms with Crippen LogP contribution in [0.5, 0.6) is 0 Å². The Morgan fingerprint density at radius 2 is 1.56 bits per heavy atom. The number of piperidine rings is 3. The van der Waals surface area contributed by atoms with E-state index in [-0.39, 0.29) is 6.42 Å². The molecule has 212 valence electrons. The number of rotatable bonds is 6. The molecule has 0 amide bonds. The largest absolute Gasteiger partial charge is 0.481 e. The lowest BCUT2D eigenvalue weighted by atomic mass is 9.73. The maximum atomic E-state index is 11.2. The molecule has 5 aliphatic rings. The van der Waals surface area contributed by atoms with Crippen LogP contribution in [0.15, 0.2) is 24.3 Å². The first-order chi connectivity index (χ1) is 19.1. The van der Waals surface area contributed by atoms with Crippen LogP contribution in [0.2, 0.25) is 0 Å². The highest BCUT2D eigenvalue weighted by Gasteiger charge is 2.45. The minimum absolute atomic E-state index is 0.230. The van der Waals surface area contributed by atoms with Crippen LogP contribution in [0.3, 0.4) is 0 Å². The van der Waals surface area contributed by atoms with E-state index in [1.54, 1.807) is 0 Å². The Kier molecular flexibility index (Phi) is 7.44. The van der Waals surface area contributed by atoms with Crippen molar-refractivity contribution in [2.45, 2.75) is 126 Å². The Morgan fingerprint density at radius 3 is 2.31 bits per heavy atom. The molecule has 1 aromatic carbocycles. The van der Waals surface area contributed by atoms with Crippen LogP contribution < -0.4 is 0 Å². The fourth-order valence-electron chi connectivity index (χ4n) is 9.76. The third kappa shape index (κ3) is 5.28. The van der Waals surface area contributed by atoms with Crippen molar-refractivity contribution in [2.24, 2.45) is 11.8 Å². The van der Waals surface area contributed by atoms with Gasteiger partial charge >= 0.3 is 5.97 Å². The molecule has 6 heteroatoms. The van der Waals surface area contributed by atoms with Crippen LogP contribution in [0.4, 0.5) is 0 Å². The van der Waals surface area contributed by atoms with E-state index in [0.717, 1.165) is 61.4 Å². The molecule has 7 atom stereocenters. The van der Waals surface area contributed by atoms with Crippen LogP contribution in [0, 0.1) is 11.8 Å². The van der Waals surface area contributed by atoms with Crippen molar-refractivity contribution in [2.75, 3.05) is 19.6 Å². The molecule has 5 fully saturated rings. The van der Waals surface area contributed by atoms with Gasteiger partial charge in [0.2, 0.25) is 0 Å². The summed E-state index contributed by atoms with van der Waals surface area (Å²) in [6, 6.07) is 11.6. The van der Waals surface area contributed by atoms with Crippen molar-refractivity contribution >= 4 is 17.0 Å². The van der Waals surface area contributed by atoms with E-state index in [4.69, 9.17) is 4.98 Å². The predicted octanol–water partition coefficient (Wildman–Crippen LogP) is 6.61. The normalized spacial score (nSPS) is 36.1. The van der Waals surface area contributed by atoms with Gasteiger partial charge < -0.3 is 14.6 Å². The molecule has 1 N–H and O–H groups in total. The lowest BCUT2D eigenvalue weighted by molar-refractivity contribution is -0.137. The number of hydrogen-bond acceptors (Lipinski definition) is 4. The first-order valence-electron chi connectivity index (χ1n) is 16.3. The number of carboxylic acid groups (broad SMARTS) is 1. The molecule has 3 saturated heterocycles. The smallest absolute Gasteiger partial charge is 0.304 e. The van der Waals surface area contributed by atoms with Gasteiger partial charge in [-0.2, -0.15) is 0 Å². The summed E-state index contributed by atoms with van der Waals surface area (Å²) in [4.78, 5) is 22.0. The van der Waals surface area contributed by atoms with Gasteiger partial charge in [0.15, 0.2) is 0 Å². The van der Waals surface area contributed by atoms with Crippen molar-refractivity contribution in [3.05, 3.63) is 30.1 Å². The summed E-state index contributed by atoms with van der Waals surface area (Å²) >= 11 is 0. The monoisotopic (exact) mass is 532 g/mol. The molecule has 7 rings (SSSR count). The number of aliphatic carboxylic acids is 1. The third-order valence-corrected chi connectivity index (χ3v) is 11.3. The zero-order valence-electron chi connectivity index (χ0n) is 23.7. The number of likely N-dealkylation sites (tertiary alicyclic amines) is 1. The number of benzene rings is 1. The zero-order valence-corrected chi connectivity index (χ0v) is 23.7. The van der Waals surface area contributed by atoms with Crippen molar-refractivity contribution in [1.82, 2.24) is 19.4 Å². The number of fused-ring (bicyclic) bond motifs is 5. The van der Waals surface area contributed by atoms with Crippen LogP contribution in [0.25, 0.3) is 11.0 Å². The number of carboxylic acids is 1. The Bertz CT molecular complexity index is 1130. The first-order valence-corrected chi connectivity index (χ1v) is 16.3. The van der Waals surface area contributed by atoms with Crippen molar-refractivity contribution in [3.8, 4) is 0 Å². The van der Waals surface area contributed by atoms with Gasteiger partial charge in [-0.15, -0.1) is 0 Å². The summed E-state index contributed by atoms with van der Waals surface area (Å²) in [7, 11) is 0. The topological polar surface area (TPSA) is 61.6 Å². The second-order valence-electron chi connectivity index (χ2n) is 13.8. The van der Waals surface area contributed by atoms with Gasteiger partial charge in [-0.1, -0.05) is 44.2 Å². The second kappa shape index (κ2) is 11.2. The number of aromatic nitrogens is 2. The van der Waals surface area contributed by atoms with E-state index < -0.39 is 5.97 Å². The molecule has 39 heavy (non-hydrogen) atoms. The maximum Gasteiger partial charge on any atom is 0.304 e. The van der Waals surface area contributed by atoms with E-state index in [1.165, 1.54) is 88.4 Å². The summed E-state index contributed by atoms with van der Waals surface area (Å²) in [5, 5.41) is 9.24. The van der Waals surface area contributed by atoms with Gasteiger partial charge in [-0.3, -0.25) is 9.69 Å². The molecule has 2 saturated carbocycles. The van der Waals surface area contributed by atoms with Crippen molar-refractivity contribution < 1.29 is 9.90 Å². The molecule has 4 heterocycles. The number of para-hydroxylation sites is 2. The van der Waals surface area contributed by atoms with Gasteiger partial charge in [0, 0.05) is 43.2 Å². The standard InChI is InChI=1S/C33H48N4O2/c38-32(39)14-16-35-15-6-9-25(22-35)33-34-30-12-3-4-13-31(30)37(33)29-20-26-10-5-11-27(21-29)36(26)28-18-23-7-1-2-8-24(17-23)19-28/h3-4,12-13,23-29H,1-2,5-11,14-22H2,(H,38,39)/t23-,24+,25-,26-,27+,28-,29-/m0/s1. The average molecular weight is 533 g/mol. The highest BCUT2D eigenvalue weighted by atomic mass is 16.4. The molecule has 0 unspecified atom stereocenters. The Morgan fingerprint density at radius 1 is 0.821 bits per heavy atom. The van der Waals surface area contributed by atoms with E-state index in [0.29, 0.717) is 18.5 Å². The molecular formula is C33H48N4O2. The fourth-order valence-corrected chi connectivity index (χ4v) is 9.76. The summed E-state index contributed by atoms with van der Waals surface area (Å²) < 4.78 is 2.68. The highest BCUT2D eigenvalue weighted by molar-refractivity contribution is 5.76. The van der Waals surface area contributed by atoms with Crippen LogP contribution in [-0.2, 0) is 4.79 Å².